The Balaban J connectivity index is 2.11. The van der Waals surface area contributed by atoms with Gasteiger partial charge in [-0.3, -0.25) is 4.79 Å². The molecule has 0 radical (unpaired) electrons. The van der Waals surface area contributed by atoms with Gasteiger partial charge in [0.15, 0.2) is 0 Å². The largest absolute Gasteiger partial charge is 0.379 e. The maximum atomic E-state index is 13.2. The number of rotatable bonds is 4. The highest BCUT2D eigenvalue weighted by atomic mass is 19.1. The number of hydrogen-bond donors (Lipinski definition) is 3. The van der Waals surface area contributed by atoms with Crippen molar-refractivity contribution in [3.63, 3.8) is 0 Å². The number of halogens is 1. The predicted molar refractivity (Wildman–Crippen MR) is 63.0 cm³/mol. The molecule has 17 heavy (non-hydrogen) atoms. The van der Waals surface area contributed by atoms with Crippen LogP contribution < -0.4 is 11.1 Å². The first kappa shape index (κ1) is 11.2. The summed E-state index contributed by atoms with van der Waals surface area (Å²) in [5.74, 6) is -1.38. The number of aromatic amines is 1. The summed E-state index contributed by atoms with van der Waals surface area (Å²) in [4.78, 5) is 14.0. The fraction of sp³-hybridized carbons (Fsp3) is 0.0833. The van der Waals surface area contributed by atoms with Crippen LogP contribution in [0.25, 0.3) is 0 Å². The number of carbonyl (C=O) groups is 1. The van der Waals surface area contributed by atoms with Crippen molar-refractivity contribution in [2.45, 2.75) is 6.54 Å². The zero-order valence-corrected chi connectivity index (χ0v) is 9.03. The van der Waals surface area contributed by atoms with Gasteiger partial charge in [0.25, 0.3) is 5.91 Å². The van der Waals surface area contributed by atoms with E-state index in [2.05, 4.69) is 10.3 Å². The van der Waals surface area contributed by atoms with Crippen LogP contribution in [0.2, 0.25) is 0 Å². The molecule has 0 aliphatic rings. The van der Waals surface area contributed by atoms with Gasteiger partial charge in [0, 0.05) is 17.6 Å². The Morgan fingerprint density at radius 3 is 2.88 bits per heavy atom. The SMILES string of the molecule is NC(=O)c1cc(NCc2ccc[nH]2)ccc1F. The predicted octanol–water partition coefficient (Wildman–Crippen LogP) is 1.86. The molecule has 0 fully saturated rings. The molecule has 0 bridgehead atoms. The Morgan fingerprint density at radius 1 is 1.41 bits per heavy atom. The van der Waals surface area contributed by atoms with Gasteiger partial charge in [-0.05, 0) is 30.3 Å². The van der Waals surface area contributed by atoms with Crippen LogP contribution in [-0.4, -0.2) is 10.9 Å². The lowest BCUT2D eigenvalue weighted by atomic mass is 10.2. The number of H-pyrrole nitrogens is 1. The van der Waals surface area contributed by atoms with Crippen molar-refractivity contribution in [2.24, 2.45) is 5.73 Å². The molecule has 1 aromatic carbocycles. The molecule has 0 saturated carbocycles. The molecule has 2 aromatic rings. The number of carbonyl (C=O) groups excluding carboxylic acids is 1. The maximum Gasteiger partial charge on any atom is 0.251 e. The van der Waals surface area contributed by atoms with E-state index in [-0.39, 0.29) is 5.56 Å². The Labute approximate surface area is 97.6 Å². The fourth-order valence-electron chi connectivity index (χ4n) is 1.50. The van der Waals surface area contributed by atoms with Crippen LogP contribution in [0.1, 0.15) is 16.1 Å². The lowest BCUT2D eigenvalue weighted by Gasteiger charge is -2.07. The third-order valence-corrected chi connectivity index (χ3v) is 2.38. The van der Waals surface area contributed by atoms with Crippen molar-refractivity contribution < 1.29 is 9.18 Å². The third kappa shape index (κ3) is 2.63. The molecule has 4 nitrogen and oxygen atoms in total. The summed E-state index contributed by atoms with van der Waals surface area (Å²) >= 11 is 0. The van der Waals surface area contributed by atoms with Crippen molar-refractivity contribution in [2.75, 3.05) is 5.32 Å². The van der Waals surface area contributed by atoms with Crippen LogP contribution in [0.5, 0.6) is 0 Å². The molecule has 88 valence electrons. The second-order valence-corrected chi connectivity index (χ2v) is 3.61. The second-order valence-electron chi connectivity index (χ2n) is 3.61. The van der Waals surface area contributed by atoms with Crippen LogP contribution in [-0.2, 0) is 6.54 Å². The van der Waals surface area contributed by atoms with E-state index in [4.69, 9.17) is 5.73 Å². The van der Waals surface area contributed by atoms with E-state index < -0.39 is 11.7 Å². The molecule has 1 amide bonds. The van der Waals surface area contributed by atoms with Crippen molar-refractivity contribution in [1.82, 2.24) is 4.98 Å². The molecule has 4 N–H and O–H groups in total. The monoisotopic (exact) mass is 233 g/mol. The van der Waals surface area contributed by atoms with Crippen molar-refractivity contribution in [3.8, 4) is 0 Å². The minimum Gasteiger partial charge on any atom is -0.379 e. The quantitative estimate of drug-likeness (QED) is 0.754. The highest BCUT2D eigenvalue weighted by Crippen LogP contribution is 2.15. The van der Waals surface area contributed by atoms with E-state index in [0.29, 0.717) is 12.2 Å². The average Bonchev–Trinajstić information content (AvgIpc) is 2.80. The molecule has 5 heteroatoms. The number of benzene rings is 1. The molecule has 0 aliphatic carbocycles. The van der Waals surface area contributed by atoms with Crippen LogP contribution in [0.15, 0.2) is 36.5 Å². The smallest absolute Gasteiger partial charge is 0.251 e. The summed E-state index contributed by atoms with van der Waals surface area (Å²) in [6.45, 7) is 0.566. The van der Waals surface area contributed by atoms with Crippen molar-refractivity contribution in [3.05, 3.63) is 53.6 Å². The highest BCUT2D eigenvalue weighted by Gasteiger charge is 2.08. The van der Waals surface area contributed by atoms with E-state index in [9.17, 15) is 9.18 Å². The first-order valence-electron chi connectivity index (χ1n) is 5.12. The second kappa shape index (κ2) is 4.69. The van der Waals surface area contributed by atoms with E-state index >= 15 is 0 Å². The normalized spacial score (nSPS) is 10.2. The highest BCUT2D eigenvalue weighted by molar-refractivity contribution is 5.94. The molecule has 2 rings (SSSR count). The fourth-order valence-corrected chi connectivity index (χ4v) is 1.50. The van der Waals surface area contributed by atoms with Gasteiger partial charge in [-0.15, -0.1) is 0 Å². The summed E-state index contributed by atoms with van der Waals surface area (Å²) in [6.07, 6.45) is 1.82. The minimum absolute atomic E-state index is 0.110. The Kier molecular flexibility index (Phi) is 3.09. The van der Waals surface area contributed by atoms with E-state index in [1.165, 1.54) is 12.1 Å². The first-order chi connectivity index (χ1) is 8.16. The van der Waals surface area contributed by atoms with Gasteiger partial charge in [-0.25, -0.2) is 4.39 Å². The molecule has 0 atom stereocenters. The zero-order chi connectivity index (χ0) is 12.3. The third-order valence-electron chi connectivity index (χ3n) is 2.38. The zero-order valence-electron chi connectivity index (χ0n) is 9.03. The molecule has 0 unspecified atom stereocenters. The number of nitrogens with one attached hydrogen (secondary N) is 2. The Bertz CT molecular complexity index is 523. The van der Waals surface area contributed by atoms with Crippen LogP contribution in [0.3, 0.4) is 0 Å². The van der Waals surface area contributed by atoms with Gasteiger partial charge in [0.1, 0.15) is 5.82 Å². The van der Waals surface area contributed by atoms with Gasteiger partial charge >= 0.3 is 0 Å². The van der Waals surface area contributed by atoms with Gasteiger partial charge in [0.05, 0.1) is 12.1 Å². The van der Waals surface area contributed by atoms with Gasteiger partial charge in [-0.1, -0.05) is 0 Å². The Morgan fingerprint density at radius 2 is 2.24 bits per heavy atom. The number of nitrogens with two attached hydrogens (primary N) is 1. The van der Waals surface area contributed by atoms with Crippen molar-refractivity contribution in [1.29, 1.82) is 0 Å². The number of amides is 1. The van der Waals surface area contributed by atoms with E-state index in [1.54, 1.807) is 6.07 Å². The number of hydrogen-bond acceptors (Lipinski definition) is 2. The molecular weight excluding hydrogens is 221 g/mol. The molecule has 1 heterocycles. The van der Waals surface area contributed by atoms with Gasteiger partial charge < -0.3 is 16.0 Å². The van der Waals surface area contributed by atoms with E-state index in [0.717, 1.165) is 5.69 Å². The molecule has 1 aromatic heterocycles. The van der Waals surface area contributed by atoms with Crippen molar-refractivity contribution >= 4 is 11.6 Å². The van der Waals surface area contributed by atoms with Crippen LogP contribution >= 0.6 is 0 Å². The molecule has 0 spiro atoms. The minimum atomic E-state index is -0.772. The van der Waals surface area contributed by atoms with Crippen LogP contribution in [0.4, 0.5) is 10.1 Å². The maximum absolute atomic E-state index is 13.2. The number of aromatic nitrogens is 1. The molecule has 0 aliphatic heterocycles. The average molecular weight is 233 g/mol. The number of primary amides is 1. The molecular formula is C12H12FN3O. The van der Waals surface area contributed by atoms with Gasteiger partial charge in [-0.2, -0.15) is 0 Å². The number of anilines is 1. The summed E-state index contributed by atoms with van der Waals surface area (Å²) in [6, 6.07) is 7.99. The first-order valence-corrected chi connectivity index (χ1v) is 5.12. The standard InChI is InChI=1S/C12H12FN3O/c13-11-4-3-8(6-10(11)12(14)17)16-7-9-2-1-5-15-9/h1-6,15-16H,7H2,(H2,14,17). The van der Waals surface area contributed by atoms with Gasteiger partial charge in [0.2, 0.25) is 0 Å². The lowest BCUT2D eigenvalue weighted by molar-refractivity contribution is 0.0996. The summed E-state index contributed by atoms with van der Waals surface area (Å²) in [5, 5.41) is 3.06. The summed E-state index contributed by atoms with van der Waals surface area (Å²) < 4.78 is 13.2. The topological polar surface area (TPSA) is 70.9 Å². The summed E-state index contributed by atoms with van der Waals surface area (Å²) in [7, 11) is 0. The van der Waals surface area contributed by atoms with Crippen LogP contribution in [0, 0.1) is 5.82 Å². The lowest BCUT2D eigenvalue weighted by Crippen LogP contribution is -2.13. The Hall–Kier alpha value is -2.30. The summed E-state index contributed by atoms with van der Waals surface area (Å²) in [5.41, 5.74) is 6.59. The van der Waals surface area contributed by atoms with E-state index in [1.807, 2.05) is 18.3 Å². The molecule has 0 saturated heterocycles.